The summed E-state index contributed by atoms with van der Waals surface area (Å²) in [5, 5.41) is 18.9. The van der Waals surface area contributed by atoms with Crippen molar-refractivity contribution in [2.75, 3.05) is 13.9 Å². The molecular formula is C17H22F3NO3. The highest BCUT2D eigenvalue weighted by Gasteiger charge is 2.56. The van der Waals surface area contributed by atoms with Gasteiger partial charge in [-0.3, -0.25) is 0 Å². The first-order chi connectivity index (χ1) is 11.0. The Hall–Kier alpha value is -1.78. The van der Waals surface area contributed by atoms with E-state index in [0.29, 0.717) is 16.9 Å². The van der Waals surface area contributed by atoms with Gasteiger partial charge in [-0.1, -0.05) is 27.7 Å². The Kier molecular flexibility index (Phi) is 6.26. The number of nitriles is 1. The van der Waals surface area contributed by atoms with Crippen LogP contribution in [0.4, 0.5) is 13.2 Å². The van der Waals surface area contributed by atoms with E-state index in [4.69, 9.17) is 14.7 Å². The lowest BCUT2D eigenvalue weighted by Crippen LogP contribution is -2.41. The summed E-state index contributed by atoms with van der Waals surface area (Å²) < 4.78 is 50.1. The first kappa shape index (κ1) is 20.3. The van der Waals surface area contributed by atoms with Crippen molar-refractivity contribution in [3.63, 3.8) is 0 Å². The van der Waals surface area contributed by atoms with E-state index in [1.807, 2.05) is 0 Å². The minimum absolute atomic E-state index is 0.0550. The SMILES string of the molecule is COCOc1c(C(C)C)cc(C(O)(C#N)C(F)(F)F)cc1C(C)C. The first-order valence-corrected chi connectivity index (χ1v) is 7.50. The lowest BCUT2D eigenvalue weighted by Gasteiger charge is -2.27. The molecule has 1 N–H and O–H groups in total. The van der Waals surface area contributed by atoms with Crippen LogP contribution < -0.4 is 4.74 Å². The van der Waals surface area contributed by atoms with Crippen molar-refractivity contribution in [3.8, 4) is 11.8 Å². The molecule has 0 aliphatic rings. The van der Waals surface area contributed by atoms with E-state index >= 15 is 0 Å². The quantitative estimate of drug-likeness (QED) is 0.620. The predicted octanol–water partition coefficient (Wildman–Crippen LogP) is 4.19. The molecule has 0 fully saturated rings. The summed E-state index contributed by atoms with van der Waals surface area (Å²) in [7, 11) is 1.44. The smallest absolute Gasteiger partial charge is 0.435 e. The first-order valence-electron chi connectivity index (χ1n) is 7.50. The fraction of sp³-hybridized carbons (Fsp3) is 0.588. The van der Waals surface area contributed by atoms with Crippen molar-refractivity contribution in [1.82, 2.24) is 0 Å². The van der Waals surface area contributed by atoms with Gasteiger partial charge < -0.3 is 14.6 Å². The molecule has 0 amide bonds. The number of nitrogens with zero attached hydrogens (tertiary/aromatic N) is 1. The molecular weight excluding hydrogens is 323 g/mol. The number of rotatable bonds is 6. The summed E-state index contributed by atoms with van der Waals surface area (Å²) >= 11 is 0. The Balaban J connectivity index is 3.70. The molecule has 1 atom stereocenters. The van der Waals surface area contributed by atoms with E-state index in [1.54, 1.807) is 27.7 Å². The fourth-order valence-corrected chi connectivity index (χ4v) is 2.32. The van der Waals surface area contributed by atoms with E-state index in [0.717, 1.165) is 6.07 Å². The third-order valence-electron chi connectivity index (χ3n) is 3.70. The summed E-state index contributed by atoms with van der Waals surface area (Å²) in [4.78, 5) is 0. The molecule has 0 aliphatic heterocycles. The lowest BCUT2D eigenvalue weighted by atomic mass is 9.85. The third-order valence-corrected chi connectivity index (χ3v) is 3.70. The van der Waals surface area contributed by atoms with Crippen LogP contribution in [-0.4, -0.2) is 25.2 Å². The molecule has 24 heavy (non-hydrogen) atoms. The molecule has 0 aliphatic carbocycles. The monoisotopic (exact) mass is 345 g/mol. The number of alkyl halides is 3. The van der Waals surface area contributed by atoms with Gasteiger partial charge in [0, 0.05) is 12.7 Å². The van der Waals surface area contributed by atoms with E-state index in [2.05, 4.69) is 0 Å². The summed E-state index contributed by atoms with van der Waals surface area (Å²) in [5.41, 5.74) is -3.12. The summed E-state index contributed by atoms with van der Waals surface area (Å²) in [6, 6.07) is 3.35. The predicted molar refractivity (Wildman–Crippen MR) is 82.7 cm³/mol. The van der Waals surface area contributed by atoms with Crippen LogP contribution in [0.1, 0.15) is 56.2 Å². The van der Waals surface area contributed by atoms with E-state index in [1.165, 1.54) is 19.2 Å². The molecule has 4 nitrogen and oxygen atoms in total. The topological polar surface area (TPSA) is 62.5 Å². The molecule has 0 saturated carbocycles. The number of aliphatic hydroxyl groups is 1. The van der Waals surface area contributed by atoms with Crippen molar-refractivity contribution in [1.29, 1.82) is 5.26 Å². The Labute approximate surface area is 139 Å². The Morgan fingerprint density at radius 1 is 1.12 bits per heavy atom. The average molecular weight is 345 g/mol. The molecule has 0 saturated heterocycles. The zero-order valence-corrected chi connectivity index (χ0v) is 14.4. The standard InChI is InChI=1S/C17H22F3NO3/c1-10(2)13-6-12(16(22,8-21)17(18,19)20)7-14(11(3)4)15(13)24-9-23-5/h6-7,10-11,22H,9H2,1-5H3. The summed E-state index contributed by atoms with van der Waals surface area (Å²) in [6.07, 6.45) is -5.11. The third kappa shape index (κ3) is 3.82. The van der Waals surface area contributed by atoms with Crippen LogP contribution in [0, 0.1) is 11.3 Å². The van der Waals surface area contributed by atoms with Gasteiger partial charge in [-0.25, -0.2) is 0 Å². The number of ether oxygens (including phenoxy) is 2. The highest BCUT2D eigenvalue weighted by molar-refractivity contribution is 5.50. The van der Waals surface area contributed by atoms with Gasteiger partial charge in [0.2, 0.25) is 0 Å². The zero-order chi connectivity index (χ0) is 18.7. The number of methoxy groups -OCH3 is 1. The summed E-state index contributed by atoms with van der Waals surface area (Å²) in [5.74, 6) is 0.0732. The van der Waals surface area contributed by atoms with Gasteiger partial charge >= 0.3 is 6.18 Å². The largest absolute Gasteiger partial charge is 0.467 e. The molecule has 0 heterocycles. The molecule has 1 aromatic rings. The van der Waals surface area contributed by atoms with Crippen LogP contribution >= 0.6 is 0 Å². The molecule has 7 heteroatoms. The number of hydrogen-bond donors (Lipinski definition) is 1. The minimum Gasteiger partial charge on any atom is -0.467 e. The highest BCUT2D eigenvalue weighted by atomic mass is 19.4. The van der Waals surface area contributed by atoms with Crippen LogP contribution in [0.25, 0.3) is 0 Å². The Bertz CT molecular complexity index is 591. The normalized spacial score (nSPS) is 14.6. The van der Waals surface area contributed by atoms with Crippen LogP contribution in [0.3, 0.4) is 0 Å². The van der Waals surface area contributed by atoms with Crippen LogP contribution in [0.2, 0.25) is 0 Å². The van der Waals surface area contributed by atoms with E-state index < -0.39 is 17.3 Å². The van der Waals surface area contributed by atoms with Crippen molar-refractivity contribution in [2.24, 2.45) is 0 Å². The van der Waals surface area contributed by atoms with Gasteiger partial charge in [0.25, 0.3) is 5.60 Å². The van der Waals surface area contributed by atoms with Crippen molar-refractivity contribution < 1.29 is 27.8 Å². The molecule has 0 radical (unpaired) electrons. The molecule has 1 unspecified atom stereocenters. The number of halogens is 3. The number of hydrogen-bond acceptors (Lipinski definition) is 4. The van der Waals surface area contributed by atoms with Crippen molar-refractivity contribution >= 4 is 0 Å². The molecule has 1 rings (SSSR count). The molecule has 134 valence electrons. The molecule has 0 spiro atoms. The second-order valence-corrected chi connectivity index (χ2v) is 6.16. The van der Waals surface area contributed by atoms with E-state index in [9.17, 15) is 18.3 Å². The summed E-state index contributed by atoms with van der Waals surface area (Å²) in [6.45, 7) is 7.12. The minimum atomic E-state index is -5.11. The molecule has 0 aromatic heterocycles. The van der Waals surface area contributed by atoms with Gasteiger partial charge in [-0.15, -0.1) is 0 Å². The lowest BCUT2D eigenvalue weighted by molar-refractivity contribution is -0.241. The fourth-order valence-electron chi connectivity index (χ4n) is 2.32. The van der Waals surface area contributed by atoms with Gasteiger partial charge in [-0.2, -0.15) is 18.4 Å². The van der Waals surface area contributed by atoms with Crippen LogP contribution in [0.5, 0.6) is 5.75 Å². The second kappa shape index (κ2) is 7.41. The second-order valence-electron chi connectivity index (χ2n) is 6.16. The molecule has 1 aromatic carbocycles. The maximum absolute atomic E-state index is 13.2. The zero-order valence-electron chi connectivity index (χ0n) is 14.4. The maximum Gasteiger partial charge on any atom is 0.435 e. The van der Waals surface area contributed by atoms with Gasteiger partial charge in [0.15, 0.2) is 6.79 Å². The Morgan fingerprint density at radius 3 is 1.88 bits per heavy atom. The van der Waals surface area contributed by atoms with Crippen LogP contribution in [-0.2, 0) is 10.3 Å². The van der Waals surface area contributed by atoms with Crippen molar-refractivity contribution in [3.05, 3.63) is 28.8 Å². The average Bonchev–Trinajstić information content (AvgIpc) is 2.49. The van der Waals surface area contributed by atoms with Crippen molar-refractivity contribution in [2.45, 2.75) is 51.3 Å². The Morgan fingerprint density at radius 2 is 1.58 bits per heavy atom. The van der Waals surface area contributed by atoms with Gasteiger partial charge in [0.05, 0.1) is 0 Å². The van der Waals surface area contributed by atoms with E-state index in [-0.39, 0.29) is 18.6 Å². The van der Waals surface area contributed by atoms with Gasteiger partial charge in [0.1, 0.15) is 11.8 Å². The maximum atomic E-state index is 13.2. The highest BCUT2D eigenvalue weighted by Crippen LogP contribution is 2.43. The van der Waals surface area contributed by atoms with Crippen LogP contribution in [0.15, 0.2) is 12.1 Å². The molecule has 0 bridgehead atoms. The van der Waals surface area contributed by atoms with Gasteiger partial charge in [-0.05, 0) is 35.1 Å². The number of benzene rings is 1.